The van der Waals surface area contributed by atoms with Gasteiger partial charge < -0.3 is 45.1 Å². The van der Waals surface area contributed by atoms with Gasteiger partial charge in [-0.25, -0.2) is 14.0 Å². The lowest BCUT2D eigenvalue weighted by Crippen LogP contribution is -2.54. The number of anilines is 2. The molecular formula is C46H54FN7O8. The summed E-state index contributed by atoms with van der Waals surface area (Å²) in [5.74, 6) is -2.18. The van der Waals surface area contributed by atoms with E-state index in [1.807, 2.05) is 68.7 Å². The Morgan fingerprint density at radius 2 is 0.968 bits per heavy atom. The number of nitrogens with one attached hydrogen (secondary N) is 4. The first-order valence-electron chi connectivity index (χ1n) is 20.8. The molecule has 1 aromatic heterocycles. The number of likely N-dealkylation sites (tertiary alicyclic amines) is 2. The molecule has 2 fully saturated rings. The molecule has 3 aromatic carbocycles. The molecule has 0 saturated carbocycles. The maximum atomic E-state index is 14.1. The second kappa shape index (κ2) is 19.8. The average Bonchev–Trinajstić information content (AvgIpc) is 4.06. The summed E-state index contributed by atoms with van der Waals surface area (Å²) in [6.45, 7) is 8.04. The van der Waals surface area contributed by atoms with Gasteiger partial charge in [-0.2, -0.15) is 0 Å². The maximum absolute atomic E-state index is 14.1. The fraction of sp³-hybridized carbons (Fsp3) is 0.391. The van der Waals surface area contributed by atoms with Gasteiger partial charge in [0.05, 0.1) is 25.6 Å². The number of aromatic nitrogens is 1. The fourth-order valence-corrected chi connectivity index (χ4v) is 8.02. The SMILES string of the molecule is COC(=O)NC(C(=O)N1CCCC1C(=O)Nc1ccc(-c2ccc(-c3ccc(NC(=O)C4CCCN4C(=O)C(NC(=O)OC)C(C)C)cc3)n2-c2ccc(F)cc2)cc1)C(C)C. The van der Waals surface area contributed by atoms with Crippen molar-refractivity contribution in [3.05, 3.63) is 90.7 Å². The van der Waals surface area contributed by atoms with Gasteiger partial charge in [0.1, 0.15) is 30.0 Å². The summed E-state index contributed by atoms with van der Waals surface area (Å²) in [5, 5.41) is 11.1. The summed E-state index contributed by atoms with van der Waals surface area (Å²) in [6.07, 6.45) is 0.820. The molecule has 328 valence electrons. The molecule has 6 amide bonds. The summed E-state index contributed by atoms with van der Waals surface area (Å²) >= 11 is 0. The van der Waals surface area contributed by atoms with E-state index in [-0.39, 0.29) is 41.3 Å². The van der Waals surface area contributed by atoms with Gasteiger partial charge in [-0.05, 0) is 109 Å². The van der Waals surface area contributed by atoms with Gasteiger partial charge in [0.2, 0.25) is 23.6 Å². The Hall–Kier alpha value is -6.71. The number of carbonyl (C=O) groups is 6. The molecule has 2 aliphatic rings. The predicted molar refractivity (Wildman–Crippen MR) is 232 cm³/mol. The largest absolute Gasteiger partial charge is 0.453 e. The van der Waals surface area contributed by atoms with Crippen LogP contribution in [-0.4, -0.2) is 102 Å². The van der Waals surface area contributed by atoms with Crippen molar-refractivity contribution in [1.82, 2.24) is 25.0 Å². The molecule has 3 heterocycles. The zero-order valence-electron chi connectivity index (χ0n) is 35.8. The van der Waals surface area contributed by atoms with Crippen LogP contribution in [0.5, 0.6) is 0 Å². The van der Waals surface area contributed by atoms with E-state index in [9.17, 15) is 33.2 Å². The Morgan fingerprint density at radius 1 is 0.581 bits per heavy atom. The lowest BCUT2D eigenvalue weighted by Gasteiger charge is -2.30. The third kappa shape index (κ3) is 10.1. The van der Waals surface area contributed by atoms with Gasteiger partial charge in [0, 0.05) is 30.2 Å². The Kier molecular flexibility index (Phi) is 14.3. The molecule has 16 heteroatoms. The maximum Gasteiger partial charge on any atom is 0.407 e. The van der Waals surface area contributed by atoms with Crippen molar-refractivity contribution in [2.24, 2.45) is 11.8 Å². The van der Waals surface area contributed by atoms with Crippen LogP contribution in [0.2, 0.25) is 0 Å². The van der Waals surface area contributed by atoms with Crippen LogP contribution in [0.15, 0.2) is 84.9 Å². The molecule has 4 N–H and O–H groups in total. The number of rotatable bonds is 13. The van der Waals surface area contributed by atoms with E-state index in [0.717, 1.165) is 22.5 Å². The number of halogens is 1. The van der Waals surface area contributed by atoms with Crippen LogP contribution in [0.1, 0.15) is 53.4 Å². The second-order valence-corrected chi connectivity index (χ2v) is 16.1. The van der Waals surface area contributed by atoms with E-state index in [4.69, 9.17) is 9.47 Å². The second-order valence-electron chi connectivity index (χ2n) is 16.1. The minimum absolute atomic E-state index is 0.225. The zero-order chi connectivity index (χ0) is 44.7. The number of benzene rings is 3. The number of amides is 6. The van der Waals surface area contributed by atoms with Crippen LogP contribution in [-0.2, 0) is 28.7 Å². The van der Waals surface area contributed by atoms with Crippen LogP contribution >= 0.6 is 0 Å². The molecule has 0 bridgehead atoms. The van der Waals surface area contributed by atoms with Crippen molar-refractivity contribution < 1.29 is 42.6 Å². The highest BCUT2D eigenvalue weighted by Crippen LogP contribution is 2.34. The average molecular weight is 852 g/mol. The number of hydrogen-bond acceptors (Lipinski definition) is 8. The van der Waals surface area contributed by atoms with Crippen molar-refractivity contribution in [3.8, 4) is 28.2 Å². The molecule has 62 heavy (non-hydrogen) atoms. The molecule has 0 aliphatic carbocycles. The summed E-state index contributed by atoms with van der Waals surface area (Å²) in [4.78, 5) is 81.0. The first-order valence-corrected chi connectivity index (χ1v) is 20.8. The van der Waals surface area contributed by atoms with Crippen molar-refractivity contribution in [2.75, 3.05) is 37.9 Å². The van der Waals surface area contributed by atoms with E-state index in [1.54, 1.807) is 36.4 Å². The number of ether oxygens (including phenoxy) is 2. The van der Waals surface area contributed by atoms with Crippen molar-refractivity contribution in [2.45, 2.75) is 77.5 Å². The minimum Gasteiger partial charge on any atom is -0.453 e. The minimum atomic E-state index is -0.842. The van der Waals surface area contributed by atoms with Gasteiger partial charge in [0.15, 0.2) is 0 Å². The molecule has 4 atom stereocenters. The number of hydrogen-bond donors (Lipinski definition) is 4. The van der Waals surface area contributed by atoms with Crippen molar-refractivity contribution in [1.29, 1.82) is 0 Å². The number of methoxy groups -OCH3 is 2. The summed E-state index contributed by atoms with van der Waals surface area (Å²) in [6, 6.07) is 21.5. The van der Waals surface area contributed by atoms with E-state index < -0.39 is 36.4 Å². The number of alkyl carbamates (subject to hydrolysis) is 2. The van der Waals surface area contributed by atoms with E-state index in [1.165, 1.54) is 36.2 Å². The molecule has 15 nitrogen and oxygen atoms in total. The van der Waals surface area contributed by atoms with Gasteiger partial charge in [-0.1, -0.05) is 52.0 Å². The van der Waals surface area contributed by atoms with E-state index in [0.29, 0.717) is 55.8 Å². The first kappa shape index (κ1) is 44.8. The van der Waals surface area contributed by atoms with Gasteiger partial charge in [-0.3, -0.25) is 19.2 Å². The summed E-state index contributed by atoms with van der Waals surface area (Å²) < 4.78 is 25.6. The van der Waals surface area contributed by atoms with Crippen LogP contribution < -0.4 is 21.3 Å². The van der Waals surface area contributed by atoms with Crippen LogP contribution in [0.4, 0.5) is 25.4 Å². The third-order valence-electron chi connectivity index (χ3n) is 11.3. The molecular weight excluding hydrogens is 798 g/mol. The van der Waals surface area contributed by atoms with Crippen LogP contribution in [0.25, 0.3) is 28.2 Å². The molecule has 4 unspecified atom stereocenters. The fourth-order valence-electron chi connectivity index (χ4n) is 8.02. The Bertz CT molecular complexity index is 2120. The molecule has 6 rings (SSSR count). The number of carbonyl (C=O) groups excluding carboxylic acids is 6. The van der Waals surface area contributed by atoms with Crippen molar-refractivity contribution >= 4 is 47.2 Å². The van der Waals surface area contributed by atoms with Gasteiger partial charge in [-0.15, -0.1) is 0 Å². The lowest BCUT2D eigenvalue weighted by atomic mass is 10.0. The summed E-state index contributed by atoms with van der Waals surface area (Å²) in [7, 11) is 2.46. The Balaban J connectivity index is 1.18. The quantitative estimate of drug-likeness (QED) is 0.117. The lowest BCUT2D eigenvalue weighted by molar-refractivity contribution is -0.139. The van der Waals surface area contributed by atoms with E-state index in [2.05, 4.69) is 21.3 Å². The highest BCUT2D eigenvalue weighted by atomic mass is 19.1. The van der Waals surface area contributed by atoms with Crippen LogP contribution in [0, 0.1) is 17.7 Å². The molecule has 2 saturated heterocycles. The normalized spacial score (nSPS) is 17.0. The predicted octanol–water partition coefficient (Wildman–Crippen LogP) is 6.57. The zero-order valence-corrected chi connectivity index (χ0v) is 35.8. The van der Waals surface area contributed by atoms with Gasteiger partial charge >= 0.3 is 12.2 Å². The first-order chi connectivity index (χ1) is 29.7. The monoisotopic (exact) mass is 851 g/mol. The topological polar surface area (TPSA) is 180 Å². The summed E-state index contributed by atoms with van der Waals surface area (Å²) in [5.41, 5.74) is 4.98. The molecule has 4 aromatic rings. The highest BCUT2D eigenvalue weighted by Gasteiger charge is 2.40. The van der Waals surface area contributed by atoms with Crippen molar-refractivity contribution in [3.63, 3.8) is 0 Å². The molecule has 2 aliphatic heterocycles. The molecule has 0 spiro atoms. The standard InChI is InChI=1S/C46H54FN7O8/c1-27(2)39(50-45(59)61-5)43(57)52-25-7-9-37(52)41(55)48-32-17-11-29(12-18-32)35-23-24-36(54(35)34-21-15-31(47)16-22-34)30-13-19-33(20-14-30)49-42(56)38-10-8-26-53(38)44(58)40(28(3)4)51-46(60)62-6/h11-24,27-28,37-40H,7-10,25-26H2,1-6H3,(H,48,55)(H,49,56)(H,50,59)(H,51,60). The van der Waals surface area contributed by atoms with E-state index >= 15 is 0 Å². The molecule has 0 radical (unpaired) electrons. The third-order valence-corrected chi connectivity index (χ3v) is 11.3. The highest BCUT2D eigenvalue weighted by molar-refractivity contribution is 6.00. The van der Waals surface area contributed by atoms with Gasteiger partial charge in [0.25, 0.3) is 0 Å². The Morgan fingerprint density at radius 3 is 1.32 bits per heavy atom. The number of nitrogens with zero attached hydrogens (tertiary/aromatic N) is 3. The Labute approximate surface area is 360 Å². The van der Waals surface area contributed by atoms with Crippen LogP contribution in [0.3, 0.4) is 0 Å². The smallest absolute Gasteiger partial charge is 0.407 e.